The van der Waals surface area contributed by atoms with Crippen molar-refractivity contribution in [2.45, 2.75) is 46.3 Å². The number of nitrogens with one attached hydrogen (secondary N) is 1. The first-order valence-electron chi connectivity index (χ1n) is 11.3. The molecule has 0 unspecified atom stereocenters. The summed E-state index contributed by atoms with van der Waals surface area (Å²) in [5.41, 5.74) is 4.77. The van der Waals surface area contributed by atoms with Crippen molar-refractivity contribution in [3.63, 3.8) is 0 Å². The van der Waals surface area contributed by atoms with Gasteiger partial charge in [0.1, 0.15) is 0 Å². The fourth-order valence-electron chi connectivity index (χ4n) is 3.87. The number of aromatic nitrogens is 5. The van der Waals surface area contributed by atoms with E-state index in [0.29, 0.717) is 24.4 Å². The fraction of sp³-hybridized carbons (Fsp3) is 0.269. The van der Waals surface area contributed by atoms with E-state index in [0.717, 1.165) is 34.4 Å². The summed E-state index contributed by atoms with van der Waals surface area (Å²) in [5, 5.41) is 14.4. The Morgan fingerprint density at radius 3 is 2.44 bits per heavy atom. The van der Waals surface area contributed by atoms with Gasteiger partial charge >= 0.3 is 5.97 Å². The summed E-state index contributed by atoms with van der Waals surface area (Å²) in [6.07, 6.45) is 1.30. The van der Waals surface area contributed by atoms with Crippen LogP contribution in [0, 0.1) is 0 Å². The van der Waals surface area contributed by atoms with E-state index in [1.807, 2.05) is 55.5 Å². The zero-order valence-corrected chi connectivity index (χ0v) is 19.5. The first kappa shape index (κ1) is 23.1. The number of pyridine rings is 1. The highest BCUT2D eigenvalue weighted by atomic mass is 16.5. The highest BCUT2D eigenvalue weighted by molar-refractivity contribution is 5.89. The van der Waals surface area contributed by atoms with Crippen molar-refractivity contribution in [2.75, 3.05) is 0 Å². The number of benzene rings is 2. The van der Waals surface area contributed by atoms with Gasteiger partial charge in [-0.15, -0.1) is 10.2 Å². The van der Waals surface area contributed by atoms with Crippen LogP contribution in [0.3, 0.4) is 0 Å². The maximum atomic E-state index is 12.9. The zero-order chi connectivity index (χ0) is 24.1. The van der Waals surface area contributed by atoms with Gasteiger partial charge in [0.05, 0.1) is 18.2 Å². The summed E-state index contributed by atoms with van der Waals surface area (Å²) in [4.78, 5) is 25.3. The van der Waals surface area contributed by atoms with Crippen LogP contribution in [0.2, 0.25) is 0 Å². The first-order valence-corrected chi connectivity index (χ1v) is 11.3. The minimum atomic E-state index is -0.471. The molecular weight excluding hydrogens is 430 g/mol. The number of carbonyl (C=O) groups is 1. The Balaban J connectivity index is 1.62. The van der Waals surface area contributed by atoms with E-state index in [-0.39, 0.29) is 11.7 Å². The molecule has 174 valence electrons. The quantitative estimate of drug-likeness (QED) is 0.397. The van der Waals surface area contributed by atoms with Crippen molar-refractivity contribution in [2.24, 2.45) is 0 Å². The number of hydrogen-bond donors (Lipinski definition) is 1. The second-order valence-electron chi connectivity index (χ2n) is 8.34. The molecule has 0 aliphatic heterocycles. The predicted molar refractivity (Wildman–Crippen MR) is 129 cm³/mol. The monoisotopic (exact) mass is 457 g/mol. The van der Waals surface area contributed by atoms with E-state index in [2.05, 4.69) is 20.6 Å². The van der Waals surface area contributed by atoms with Gasteiger partial charge < -0.3 is 9.30 Å². The molecule has 2 aromatic carbocycles. The molecule has 0 aliphatic carbocycles. The predicted octanol–water partition coefficient (Wildman–Crippen LogP) is 4.26. The Labute approximate surface area is 197 Å². The average molecular weight is 458 g/mol. The zero-order valence-electron chi connectivity index (χ0n) is 19.5. The molecule has 0 radical (unpaired) electrons. The van der Waals surface area contributed by atoms with E-state index >= 15 is 0 Å². The van der Waals surface area contributed by atoms with Gasteiger partial charge in [-0.25, -0.2) is 4.79 Å². The summed E-state index contributed by atoms with van der Waals surface area (Å²) < 4.78 is 6.99. The number of ether oxygens (including phenoxy) is 1. The van der Waals surface area contributed by atoms with Crippen LogP contribution >= 0.6 is 0 Å². The molecule has 0 aliphatic rings. The van der Waals surface area contributed by atoms with Gasteiger partial charge in [-0.2, -0.15) is 5.21 Å². The SMILES string of the molecule is CCCc1cc(C(=O)OC(C)C)cc(=O)n1Cc1ccc(-c2ccccc2-c2nn[nH]n2)cc1. The molecule has 4 aromatic rings. The number of aromatic amines is 1. The Morgan fingerprint density at radius 2 is 1.79 bits per heavy atom. The van der Waals surface area contributed by atoms with Crippen molar-refractivity contribution in [3.05, 3.63) is 87.8 Å². The Hall–Kier alpha value is -4.07. The van der Waals surface area contributed by atoms with Gasteiger partial charge in [0.15, 0.2) is 0 Å². The lowest BCUT2D eigenvalue weighted by Crippen LogP contribution is -2.26. The molecule has 8 nitrogen and oxygen atoms in total. The number of nitrogens with zero attached hydrogens (tertiary/aromatic N) is 4. The van der Waals surface area contributed by atoms with E-state index in [1.165, 1.54) is 6.07 Å². The number of H-pyrrole nitrogens is 1. The number of rotatable bonds is 8. The summed E-state index contributed by atoms with van der Waals surface area (Å²) in [5.74, 6) is 0.0627. The summed E-state index contributed by atoms with van der Waals surface area (Å²) in [6, 6.07) is 19.1. The summed E-state index contributed by atoms with van der Waals surface area (Å²) in [6.45, 7) is 6.04. The van der Waals surface area contributed by atoms with Crippen LogP contribution in [0.15, 0.2) is 65.5 Å². The fourth-order valence-corrected chi connectivity index (χ4v) is 3.87. The first-order chi connectivity index (χ1) is 16.5. The van der Waals surface area contributed by atoms with E-state index < -0.39 is 5.97 Å². The lowest BCUT2D eigenvalue weighted by atomic mass is 9.98. The lowest BCUT2D eigenvalue weighted by molar-refractivity contribution is 0.0377. The highest BCUT2D eigenvalue weighted by Crippen LogP contribution is 2.29. The van der Waals surface area contributed by atoms with Crippen LogP contribution in [-0.4, -0.2) is 37.3 Å². The van der Waals surface area contributed by atoms with Crippen molar-refractivity contribution < 1.29 is 9.53 Å². The average Bonchev–Trinajstić information content (AvgIpc) is 3.36. The van der Waals surface area contributed by atoms with E-state index in [1.54, 1.807) is 24.5 Å². The minimum Gasteiger partial charge on any atom is -0.459 e. The van der Waals surface area contributed by atoms with Crippen LogP contribution in [0.4, 0.5) is 0 Å². The second kappa shape index (κ2) is 10.2. The second-order valence-corrected chi connectivity index (χ2v) is 8.34. The van der Waals surface area contributed by atoms with Gasteiger partial charge in [-0.3, -0.25) is 4.79 Å². The third kappa shape index (κ3) is 5.11. The topological polar surface area (TPSA) is 103 Å². The standard InChI is InChI=1S/C26H27N5O3/c1-4-7-21-14-20(26(33)34-17(2)3)15-24(32)31(21)16-18-10-12-19(13-11-18)22-8-5-6-9-23(22)25-27-29-30-28-25/h5-6,8-15,17H,4,7,16H2,1-3H3,(H,27,28,29,30). The largest absolute Gasteiger partial charge is 0.459 e. The van der Waals surface area contributed by atoms with Crippen molar-refractivity contribution in [1.29, 1.82) is 0 Å². The Kier molecular flexibility index (Phi) is 6.96. The lowest BCUT2D eigenvalue weighted by Gasteiger charge is -2.15. The third-order valence-electron chi connectivity index (χ3n) is 5.42. The van der Waals surface area contributed by atoms with Crippen molar-refractivity contribution >= 4 is 5.97 Å². The Morgan fingerprint density at radius 1 is 1.06 bits per heavy atom. The van der Waals surface area contributed by atoms with Crippen LogP contribution in [0.1, 0.15) is 48.8 Å². The Bertz CT molecular complexity index is 1330. The molecule has 0 spiro atoms. The molecule has 0 atom stereocenters. The maximum absolute atomic E-state index is 12.9. The van der Waals surface area contributed by atoms with E-state index in [9.17, 15) is 9.59 Å². The van der Waals surface area contributed by atoms with Crippen LogP contribution < -0.4 is 5.56 Å². The molecule has 0 fully saturated rings. The molecule has 2 heterocycles. The van der Waals surface area contributed by atoms with Gasteiger partial charge in [-0.1, -0.05) is 61.9 Å². The molecule has 8 heteroatoms. The molecule has 0 saturated carbocycles. The molecule has 2 aromatic heterocycles. The molecule has 34 heavy (non-hydrogen) atoms. The number of hydrogen-bond acceptors (Lipinski definition) is 6. The van der Waals surface area contributed by atoms with Gasteiger partial charge in [0, 0.05) is 17.3 Å². The third-order valence-corrected chi connectivity index (χ3v) is 5.42. The highest BCUT2D eigenvalue weighted by Gasteiger charge is 2.15. The van der Waals surface area contributed by atoms with Crippen LogP contribution in [0.25, 0.3) is 22.5 Å². The molecule has 0 bridgehead atoms. The van der Waals surface area contributed by atoms with Gasteiger partial charge in [0.25, 0.3) is 5.56 Å². The molecule has 0 amide bonds. The molecular formula is C26H27N5O3. The minimum absolute atomic E-state index is 0.215. The molecule has 4 rings (SSSR count). The van der Waals surface area contributed by atoms with Gasteiger partial charge in [-0.05, 0) is 48.2 Å². The summed E-state index contributed by atoms with van der Waals surface area (Å²) in [7, 11) is 0. The summed E-state index contributed by atoms with van der Waals surface area (Å²) >= 11 is 0. The van der Waals surface area contributed by atoms with Crippen molar-refractivity contribution in [1.82, 2.24) is 25.2 Å². The number of tetrazole rings is 1. The van der Waals surface area contributed by atoms with Crippen molar-refractivity contribution in [3.8, 4) is 22.5 Å². The maximum Gasteiger partial charge on any atom is 0.338 e. The molecule has 0 saturated heterocycles. The molecule has 1 N–H and O–H groups in total. The van der Waals surface area contributed by atoms with Crippen LogP contribution in [-0.2, 0) is 17.7 Å². The number of aryl methyl sites for hydroxylation is 1. The van der Waals surface area contributed by atoms with Crippen LogP contribution in [0.5, 0.6) is 0 Å². The normalized spacial score (nSPS) is 11.1. The smallest absolute Gasteiger partial charge is 0.338 e. The number of esters is 1. The van der Waals surface area contributed by atoms with Gasteiger partial charge in [0.2, 0.25) is 5.82 Å². The van der Waals surface area contributed by atoms with E-state index in [4.69, 9.17) is 4.74 Å². The number of carbonyl (C=O) groups excluding carboxylic acids is 1.